The SMILES string of the molecule is Cc1ccc(NC(=O)CN2C(=O)N/C(=C/c3cc(C)n(-c4ccc(OCc5ccc(Cl)cc5)cc4)c3C)C2=O)cc1. The van der Waals surface area contributed by atoms with Crippen LogP contribution in [0.25, 0.3) is 11.8 Å². The molecule has 208 valence electrons. The molecule has 4 amide bonds. The van der Waals surface area contributed by atoms with Gasteiger partial charge in [0.2, 0.25) is 5.91 Å². The molecule has 9 heteroatoms. The van der Waals surface area contributed by atoms with Crippen LogP contribution in [0.5, 0.6) is 5.75 Å². The Kier molecular flexibility index (Phi) is 7.94. The number of imide groups is 1. The fourth-order valence-corrected chi connectivity index (χ4v) is 4.75. The highest BCUT2D eigenvalue weighted by atomic mass is 35.5. The van der Waals surface area contributed by atoms with Crippen LogP contribution in [-0.2, 0) is 16.2 Å². The summed E-state index contributed by atoms with van der Waals surface area (Å²) < 4.78 is 7.96. The van der Waals surface area contributed by atoms with Crippen molar-refractivity contribution in [1.82, 2.24) is 14.8 Å². The minimum absolute atomic E-state index is 0.115. The second-order valence-corrected chi connectivity index (χ2v) is 10.3. The second kappa shape index (κ2) is 11.7. The standard InChI is InChI=1S/C32H29ClN4O4/c1-20-4-10-26(11-5-20)34-30(38)18-36-31(39)29(35-32(36)40)17-24-16-21(2)37(22(24)3)27-12-14-28(15-13-27)41-19-23-6-8-25(33)9-7-23/h4-17H,18-19H2,1-3H3,(H,34,38)(H,35,40)/b29-17+. The summed E-state index contributed by atoms with van der Waals surface area (Å²) in [6.07, 6.45) is 1.64. The van der Waals surface area contributed by atoms with Gasteiger partial charge in [-0.15, -0.1) is 0 Å². The average molecular weight is 569 g/mol. The van der Waals surface area contributed by atoms with Gasteiger partial charge in [0.25, 0.3) is 5.91 Å². The maximum Gasteiger partial charge on any atom is 0.329 e. The molecule has 0 spiro atoms. The first kappa shape index (κ1) is 27.7. The summed E-state index contributed by atoms with van der Waals surface area (Å²) in [5.74, 6) is -0.280. The van der Waals surface area contributed by atoms with E-state index in [1.807, 2.05) is 87.5 Å². The van der Waals surface area contributed by atoms with Crippen molar-refractivity contribution in [1.29, 1.82) is 0 Å². The first-order valence-electron chi connectivity index (χ1n) is 13.1. The van der Waals surface area contributed by atoms with Crippen molar-refractivity contribution < 1.29 is 19.1 Å². The molecule has 0 atom stereocenters. The lowest BCUT2D eigenvalue weighted by molar-refractivity contribution is -0.127. The van der Waals surface area contributed by atoms with Gasteiger partial charge in [-0.2, -0.15) is 0 Å². The van der Waals surface area contributed by atoms with E-state index in [0.717, 1.165) is 44.4 Å². The van der Waals surface area contributed by atoms with Crippen molar-refractivity contribution >= 4 is 41.2 Å². The third kappa shape index (κ3) is 6.34. The molecule has 4 aromatic rings. The Balaban J connectivity index is 1.26. The Hall–Kier alpha value is -4.82. The number of aryl methyl sites for hydroxylation is 2. The molecule has 0 radical (unpaired) electrons. The molecule has 0 aliphatic carbocycles. The second-order valence-electron chi connectivity index (χ2n) is 9.86. The van der Waals surface area contributed by atoms with Crippen molar-refractivity contribution in [3.8, 4) is 11.4 Å². The smallest absolute Gasteiger partial charge is 0.329 e. The van der Waals surface area contributed by atoms with Crippen LogP contribution < -0.4 is 15.4 Å². The zero-order chi connectivity index (χ0) is 29.1. The summed E-state index contributed by atoms with van der Waals surface area (Å²) in [5, 5.41) is 5.99. The third-order valence-electron chi connectivity index (χ3n) is 6.78. The molecular weight excluding hydrogens is 540 g/mol. The van der Waals surface area contributed by atoms with Gasteiger partial charge in [0.15, 0.2) is 0 Å². The van der Waals surface area contributed by atoms with Gasteiger partial charge in [-0.05, 0) is 92.6 Å². The number of hydrogen-bond acceptors (Lipinski definition) is 4. The number of nitrogens with one attached hydrogen (secondary N) is 2. The molecule has 1 aromatic heterocycles. The van der Waals surface area contributed by atoms with Crippen LogP contribution in [0, 0.1) is 20.8 Å². The van der Waals surface area contributed by atoms with Gasteiger partial charge in [-0.25, -0.2) is 9.69 Å². The lowest BCUT2D eigenvalue weighted by atomic mass is 10.2. The Morgan fingerprint density at radius 2 is 1.63 bits per heavy atom. The average Bonchev–Trinajstić information content (AvgIpc) is 3.38. The highest BCUT2D eigenvalue weighted by Gasteiger charge is 2.35. The number of anilines is 1. The minimum atomic E-state index is -0.636. The number of halogens is 1. The largest absolute Gasteiger partial charge is 0.489 e. The number of ether oxygens (including phenoxy) is 1. The molecule has 2 N–H and O–H groups in total. The van der Waals surface area contributed by atoms with E-state index >= 15 is 0 Å². The molecule has 3 aromatic carbocycles. The minimum Gasteiger partial charge on any atom is -0.489 e. The molecule has 1 aliphatic heterocycles. The van der Waals surface area contributed by atoms with Crippen molar-refractivity contribution in [2.75, 3.05) is 11.9 Å². The van der Waals surface area contributed by atoms with Gasteiger partial charge in [0, 0.05) is 27.8 Å². The molecule has 0 saturated carbocycles. The number of benzene rings is 3. The van der Waals surface area contributed by atoms with Gasteiger partial charge < -0.3 is 19.9 Å². The Morgan fingerprint density at radius 1 is 0.951 bits per heavy atom. The molecule has 41 heavy (non-hydrogen) atoms. The highest BCUT2D eigenvalue weighted by molar-refractivity contribution is 6.30. The topological polar surface area (TPSA) is 92.7 Å². The van der Waals surface area contributed by atoms with Crippen LogP contribution in [0.3, 0.4) is 0 Å². The molecular formula is C32H29ClN4O4. The number of carbonyl (C=O) groups excluding carboxylic acids is 3. The summed E-state index contributed by atoms with van der Waals surface area (Å²) in [6, 6.07) is 23.8. The first-order chi connectivity index (χ1) is 19.7. The molecule has 1 saturated heterocycles. The van der Waals surface area contributed by atoms with E-state index in [-0.39, 0.29) is 12.2 Å². The van der Waals surface area contributed by atoms with E-state index in [2.05, 4.69) is 15.2 Å². The summed E-state index contributed by atoms with van der Waals surface area (Å²) in [6.45, 7) is 5.90. The van der Waals surface area contributed by atoms with Crippen LogP contribution in [0.2, 0.25) is 5.02 Å². The monoisotopic (exact) mass is 568 g/mol. The molecule has 1 fully saturated rings. The van der Waals surface area contributed by atoms with E-state index in [4.69, 9.17) is 16.3 Å². The fourth-order valence-electron chi connectivity index (χ4n) is 4.62. The summed E-state index contributed by atoms with van der Waals surface area (Å²) >= 11 is 5.95. The quantitative estimate of drug-likeness (QED) is 0.196. The fraction of sp³-hybridized carbons (Fsp3) is 0.156. The number of urea groups is 1. The maximum absolute atomic E-state index is 13.0. The third-order valence-corrected chi connectivity index (χ3v) is 7.04. The lowest BCUT2D eigenvalue weighted by Crippen LogP contribution is -2.38. The number of carbonyl (C=O) groups is 3. The van der Waals surface area contributed by atoms with Crippen molar-refractivity contribution in [3.05, 3.63) is 118 Å². The lowest BCUT2D eigenvalue weighted by Gasteiger charge is -2.12. The van der Waals surface area contributed by atoms with E-state index in [9.17, 15) is 14.4 Å². The molecule has 5 rings (SSSR count). The van der Waals surface area contributed by atoms with Gasteiger partial charge in [-0.1, -0.05) is 41.4 Å². The molecule has 2 heterocycles. The molecule has 1 aliphatic rings. The number of hydrogen-bond donors (Lipinski definition) is 2. The predicted molar refractivity (Wildman–Crippen MR) is 159 cm³/mol. The van der Waals surface area contributed by atoms with E-state index in [1.54, 1.807) is 18.2 Å². The Labute approximate surface area is 243 Å². The highest BCUT2D eigenvalue weighted by Crippen LogP contribution is 2.26. The first-order valence-corrected chi connectivity index (χ1v) is 13.4. The van der Waals surface area contributed by atoms with Gasteiger partial charge in [0.1, 0.15) is 24.6 Å². The van der Waals surface area contributed by atoms with Crippen LogP contribution in [0.15, 0.2) is 84.6 Å². The Bertz CT molecular complexity index is 1640. The van der Waals surface area contributed by atoms with Crippen LogP contribution >= 0.6 is 11.6 Å². The zero-order valence-corrected chi connectivity index (χ0v) is 23.7. The van der Waals surface area contributed by atoms with Crippen LogP contribution in [0.1, 0.15) is 28.1 Å². The van der Waals surface area contributed by atoms with Crippen molar-refractivity contribution in [3.63, 3.8) is 0 Å². The van der Waals surface area contributed by atoms with Gasteiger partial charge in [-0.3, -0.25) is 9.59 Å². The molecule has 0 unspecified atom stereocenters. The summed E-state index contributed by atoms with van der Waals surface area (Å²) in [7, 11) is 0. The predicted octanol–water partition coefficient (Wildman–Crippen LogP) is 6.17. The summed E-state index contributed by atoms with van der Waals surface area (Å²) in [4.78, 5) is 38.9. The van der Waals surface area contributed by atoms with Gasteiger partial charge >= 0.3 is 6.03 Å². The zero-order valence-electron chi connectivity index (χ0n) is 22.9. The molecule has 0 bridgehead atoms. The summed E-state index contributed by atoms with van der Waals surface area (Å²) in [5.41, 5.74) is 6.34. The van der Waals surface area contributed by atoms with Gasteiger partial charge in [0.05, 0.1) is 0 Å². The van der Waals surface area contributed by atoms with Crippen LogP contribution in [0.4, 0.5) is 10.5 Å². The van der Waals surface area contributed by atoms with Crippen molar-refractivity contribution in [2.45, 2.75) is 27.4 Å². The number of amides is 4. The molecule has 8 nitrogen and oxygen atoms in total. The van der Waals surface area contributed by atoms with E-state index in [1.165, 1.54) is 0 Å². The Morgan fingerprint density at radius 3 is 2.32 bits per heavy atom. The maximum atomic E-state index is 13.0. The van der Waals surface area contributed by atoms with Crippen molar-refractivity contribution in [2.24, 2.45) is 0 Å². The van der Waals surface area contributed by atoms with E-state index in [0.29, 0.717) is 17.3 Å². The normalized spacial score (nSPS) is 14.0. The number of rotatable bonds is 8. The van der Waals surface area contributed by atoms with E-state index < -0.39 is 17.8 Å². The number of aromatic nitrogens is 1. The van der Waals surface area contributed by atoms with Crippen LogP contribution in [-0.4, -0.2) is 33.9 Å². The number of nitrogens with zero attached hydrogens (tertiary/aromatic N) is 2.